The quantitative estimate of drug-likeness (QED) is 0.846. The summed E-state index contributed by atoms with van der Waals surface area (Å²) in [6.45, 7) is 5.97. The molecule has 4 aliphatic rings. The Bertz CT molecular complexity index is 371. The molecule has 1 N–H and O–H groups in total. The van der Waals surface area contributed by atoms with E-state index in [1.807, 2.05) is 0 Å². The summed E-state index contributed by atoms with van der Waals surface area (Å²) in [4.78, 5) is 2.74. The fourth-order valence-corrected chi connectivity index (χ4v) is 5.40. The topological polar surface area (TPSA) is 24.5 Å². The Morgan fingerprint density at radius 3 is 2.52 bits per heavy atom. The van der Waals surface area contributed by atoms with Crippen LogP contribution in [0.5, 0.6) is 0 Å². The number of nitrogens with zero attached hydrogens (tertiary/aromatic N) is 1. The largest absolute Gasteiger partial charge is 0.370 e. The molecule has 4 rings (SSSR count). The lowest BCUT2D eigenvalue weighted by atomic mass is 9.92. The Balaban J connectivity index is 1.37. The third-order valence-electron chi connectivity index (χ3n) is 6.75. The zero-order chi connectivity index (χ0) is 14.3. The van der Waals surface area contributed by atoms with Crippen LogP contribution in [-0.4, -0.2) is 47.8 Å². The van der Waals surface area contributed by atoms with Crippen LogP contribution in [0.4, 0.5) is 0 Å². The summed E-state index contributed by atoms with van der Waals surface area (Å²) in [7, 11) is 0. The molecular weight excluding hydrogens is 260 g/mol. The first-order valence-electron chi connectivity index (χ1n) is 9.36. The molecule has 2 saturated carbocycles. The fourth-order valence-electron chi connectivity index (χ4n) is 5.40. The maximum Gasteiger partial charge on any atom is 0.0710 e. The minimum Gasteiger partial charge on any atom is -0.370 e. The molecule has 2 heterocycles. The Hall–Kier alpha value is -0.120. The van der Waals surface area contributed by atoms with E-state index in [-0.39, 0.29) is 0 Å². The third-order valence-corrected chi connectivity index (χ3v) is 6.75. The van der Waals surface area contributed by atoms with Crippen molar-refractivity contribution in [3.05, 3.63) is 0 Å². The third kappa shape index (κ3) is 2.77. The Labute approximate surface area is 129 Å². The van der Waals surface area contributed by atoms with Gasteiger partial charge in [0.2, 0.25) is 0 Å². The molecule has 2 saturated heterocycles. The Morgan fingerprint density at radius 1 is 1.05 bits per heavy atom. The van der Waals surface area contributed by atoms with E-state index in [2.05, 4.69) is 17.1 Å². The number of piperazine rings is 1. The predicted molar refractivity (Wildman–Crippen MR) is 85.5 cm³/mol. The monoisotopic (exact) mass is 292 g/mol. The molecule has 4 fully saturated rings. The Kier molecular flexibility index (Phi) is 3.79. The van der Waals surface area contributed by atoms with E-state index >= 15 is 0 Å². The number of nitrogens with one attached hydrogen (secondary N) is 1. The lowest BCUT2D eigenvalue weighted by molar-refractivity contribution is -0.0575. The van der Waals surface area contributed by atoms with E-state index in [9.17, 15) is 0 Å². The number of ether oxygens (including phenoxy) is 1. The van der Waals surface area contributed by atoms with Crippen LogP contribution < -0.4 is 5.32 Å². The first-order chi connectivity index (χ1) is 10.2. The average molecular weight is 292 g/mol. The van der Waals surface area contributed by atoms with Crippen LogP contribution in [0.25, 0.3) is 0 Å². The summed E-state index contributed by atoms with van der Waals surface area (Å²) in [6.07, 6.45) is 14.1. The maximum absolute atomic E-state index is 6.55. The summed E-state index contributed by atoms with van der Waals surface area (Å²) in [5.41, 5.74) is 0.739. The molecule has 0 aromatic carbocycles. The van der Waals surface area contributed by atoms with Gasteiger partial charge in [0.1, 0.15) is 0 Å². The molecule has 120 valence electrons. The van der Waals surface area contributed by atoms with Crippen LogP contribution in [0.1, 0.15) is 71.1 Å². The summed E-state index contributed by atoms with van der Waals surface area (Å²) in [5.74, 6) is 0. The van der Waals surface area contributed by atoms with Gasteiger partial charge in [-0.3, -0.25) is 4.90 Å². The fraction of sp³-hybridized carbons (Fsp3) is 1.00. The van der Waals surface area contributed by atoms with Gasteiger partial charge in [0.15, 0.2) is 0 Å². The number of rotatable bonds is 2. The highest BCUT2D eigenvalue weighted by atomic mass is 16.5. The van der Waals surface area contributed by atoms with Gasteiger partial charge in [0, 0.05) is 31.2 Å². The maximum atomic E-state index is 6.55. The summed E-state index contributed by atoms with van der Waals surface area (Å²) >= 11 is 0. The normalized spacial score (nSPS) is 38.7. The van der Waals surface area contributed by atoms with Gasteiger partial charge in [0.05, 0.1) is 11.7 Å². The molecule has 0 aromatic rings. The molecule has 0 amide bonds. The van der Waals surface area contributed by atoms with Gasteiger partial charge >= 0.3 is 0 Å². The van der Waals surface area contributed by atoms with Gasteiger partial charge < -0.3 is 10.1 Å². The summed E-state index contributed by atoms with van der Waals surface area (Å²) in [5, 5.41) is 3.87. The minimum absolute atomic E-state index is 0.299. The van der Waals surface area contributed by atoms with Crippen LogP contribution >= 0.6 is 0 Å². The molecule has 0 aromatic heterocycles. The van der Waals surface area contributed by atoms with Gasteiger partial charge in [-0.15, -0.1) is 0 Å². The highest BCUT2D eigenvalue weighted by Crippen LogP contribution is 2.43. The summed E-state index contributed by atoms with van der Waals surface area (Å²) < 4.78 is 6.55. The van der Waals surface area contributed by atoms with E-state index < -0.39 is 0 Å². The number of hydrogen-bond acceptors (Lipinski definition) is 3. The van der Waals surface area contributed by atoms with Crippen LogP contribution in [0.15, 0.2) is 0 Å². The molecular formula is C18H32N2O. The van der Waals surface area contributed by atoms with Crippen molar-refractivity contribution in [1.82, 2.24) is 10.2 Å². The second-order valence-electron chi connectivity index (χ2n) is 8.32. The molecule has 2 atom stereocenters. The van der Waals surface area contributed by atoms with Gasteiger partial charge in [0.25, 0.3) is 0 Å². The van der Waals surface area contributed by atoms with E-state index in [0.29, 0.717) is 23.3 Å². The molecule has 2 unspecified atom stereocenters. The first-order valence-corrected chi connectivity index (χ1v) is 9.36. The second kappa shape index (κ2) is 5.50. The molecule has 21 heavy (non-hydrogen) atoms. The van der Waals surface area contributed by atoms with E-state index in [4.69, 9.17) is 4.74 Å². The zero-order valence-corrected chi connectivity index (χ0v) is 13.7. The van der Waals surface area contributed by atoms with Gasteiger partial charge in [-0.2, -0.15) is 0 Å². The second-order valence-corrected chi connectivity index (χ2v) is 8.32. The zero-order valence-electron chi connectivity index (χ0n) is 13.7. The highest BCUT2D eigenvalue weighted by molar-refractivity contribution is 5.01. The SMILES string of the molecule is CC1CNC2(CCCC2)CN1CC1CCC2(CCCC2)O1. The standard InChI is InChI=1S/C18H32N2O/c1-15-12-19-17(7-2-3-8-17)14-20(15)13-16-6-11-18(21-16)9-4-5-10-18/h15-16,19H,2-14H2,1H3. The van der Waals surface area contributed by atoms with Crippen molar-refractivity contribution < 1.29 is 4.74 Å². The van der Waals surface area contributed by atoms with Crippen LogP contribution in [0, 0.1) is 0 Å². The smallest absolute Gasteiger partial charge is 0.0710 e. The van der Waals surface area contributed by atoms with E-state index in [1.54, 1.807) is 0 Å². The van der Waals surface area contributed by atoms with Crippen LogP contribution in [-0.2, 0) is 4.74 Å². The number of hydrogen-bond donors (Lipinski definition) is 1. The van der Waals surface area contributed by atoms with Gasteiger partial charge in [-0.1, -0.05) is 25.7 Å². The van der Waals surface area contributed by atoms with Crippen LogP contribution in [0.3, 0.4) is 0 Å². The van der Waals surface area contributed by atoms with Gasteiger partial charge in [-0.05, 0) is 45.4 Å². The minimum atomic E-state index is 0.299. The van der Waals surface area contributed by atoms with Crippen molar-refractivity contribution in [3.8, 4) is 0 Å². The van der Waals surface area contributed by atoms with Crippen molar-refractivity contribution in [2.75, 3.05) is 19.6 Å². The van der Waals surface area contributed by atoms with E-state index in [0.717, 1.165) is 6.54 Å². The summed E-state index contributed by atoms with van der Waals surface area (Å²) in [6, 6.07) is 0.667. The molecule has 0 bridgehead atoms. The first kappa shape index (κ1) is 14.5. The molecule has 2 aliphatic carbocycles. The predicted octanol–water partition coefficient (Wildman–Crippen LogP) is 3.08. The molecule has 3 heteroatoms. The van der Waals surface area contributed by atoms with Gasteiger partial charge in [-0.25, -0.2) is 0 Å². The lowest BCUT2D eigenvalue weighted by Gasteiger charge is -2.46. The highest BCUT2D eigenvalue weighted by Gasteiger charge is 2.45. The lowest BCUT2D eigenvalue weighted by Crippen LogP contribution is -2.63. The van der Waals surface area contributed by atoms with E-state index in [1.165, 1.54) is 77.3 Å². The van der Waals surface area contributed by atoms with Crippen LogP contribution in [0.2, 0.25) is 0 Å². The Morgan fingerprint density at radius 2 is 1.76 bits per heavy atom. The molecule has 0 radical (unpaired) electrons. The molecule has 3 nitrogen and oxygen atoms in total. The average Bonchev–Trinajstić information content (AvgIpc) is 3.19. The van der Waals surface area contributed by atoms with Crippen molar-refractivity contribution >= 4 is 0 Å². The van der Waals surface area contributed by atoms with Crippen molar-refractivity contribution in [2.45, 2.75) is 94.4 Å². The molecule has 2 spiro atoms. The van der Waals surface area contributed by atoms with Crippen molar-refractivity contribution in [2.24, 2.45) is 0 Å². The molecule has 2 aliphatic heterocycles. The van der Waals surface area contributed by atoms with Crippen molar-refractivity contribution in [1.29, 1.82) is 0 Å². The van der Waals surface area contributed by atoms with Crippen molar-refractivity contribution in [3.63, 3.8) is 0 Å².